The van der Waals surface area contributed by atoms with E-state index in [4.69, 9.17) is 5.73 Å². The molecule has 4 N–H and O–H groups in total. The van der Waals surface area contributed by atoms with Crippen LogP contribution in [0.3, 0.4) is 0 Å². The summed E-state index contributed by atoms with van der Waals surface area (Å²) in [5.41, 5.74) is 14.7. The monoisotopic (exact) mass is 395 g/mol. The van der Waals surface area contributed by atoms with Gasteiger partial charge in [0.15, 0.2) is 0 Å². The number of anilines is 1. The van der Waals surface area contributed by atoms with Gasteiger partial charge in [-0.15, -0.1) is 0 Å². The lowest BCUT2D eigenvalue weighted by atomic mass is 10.0. The normalized spacial score (nSPS) is 11.3. The fourth-order valence-electron chi connectivity index (χ4n) is 3.03. The molecule has 0 spiro atoms. The molecule has 0 aliphatic heterocycles. The molecule has 0 saturated carbocycles. The van der Waals surface area contributed by atoms with Crippen LogP contribution in [0.2, 0.25) is 0 Å². The standard InChI is InChI=1S/C24H21N5O/c1-16(17-11-13-21(25)14-12-17)26-29-24(30)23-15-22(27-28-23)20-9-7-19(8-10-20)18-5-3-2-4-6-18/h2-15H,25H2,1H3,(H,27,28)(H,29,30). The molecule has 4 aromatic rings. The molecular weight excluding hydrogens is 374 g/mol. The van der Waals surface area contributed by atoms with Crippen molar-refractivity contribution in [3.05, 3.63) is 96.2 Å². The summed E-state index contributed by atoms with van der Waals surface area (Å²) in [5, 5.41) is 11.2. The highest BCUT2D eigenvalue weighted by molar-refractivity contribution is 6.00. The highest BCUT2D eigenvalue weighted by atomic mass is 16.2. The Kier molecular flexibility index (Phi) is 5.39. The molecule has 0 aliphatic rings. The van der Waals surface area contributed by atoms with Gasteiger partial charge in [-0.3, -0.25) is 9.89 Å². The number of nitrogens with zero attached hydrogens (tertiary/aromatic N) is 2. The summed E-state index contributed by atoms with van der Waals surface area (Å²) in [6.07, 6.45) is 0. The van der Waals surface area contributed by atoms with Gasteiger partial charge in [-0.1, -0.05) is 66.7 Å². The summed E-state index contributed by atoms with van der Waals surface area (Å²) in [7, 11) is 0. The topological polar surface area (TPSA) is 96.2 Å². The van der Waals surface area contributed by atoms with Crippen molar-refractivity contribution < 1.29 is 4.79 Å². The van der Waals surface area contributed by atoms with Crippen molar-refractivity contribution in [1.82, 2.24) is 15.6 Å². The number of carbonyl (C=O) groups excluding carboxylic acids is 1. The minimum Gasteiger partial charge on any atom is -0.399 e. The smallest absolute Gasteiger partial charge is 0.289 e. The van der Waals surface area contributed by atoms with Gasteiger partial charge in [-0.25, -0.2) is 5.43 Å². The van der Waals surface area contributed by atoms with E-state index in [0.717, 1.165) is 22.3 Å². The van der Waals surface area contributed by atoms with Gasteiger partial charge in [0, 0.05) is 11.3 Å². The number of nitrogens with two attached hydrogens (primary N) is 1. The van der Waals surface area contributed by atoms with Gasteiger partial charge in [-0.05, 0) is 41.8 Å². The Hall–Kier alpha value is -4.19. The molecule has 0 radical (unpaired) electrons. The van der Waals surface area contributed by atoms with E-state index >= 15 is 0 Å². The number of carbonyl (C=O) groups is 1. The maximum atomic E-state index is 12.4. The number of benzene rings is 3. The number of nitrogens with one attached hydrogen (secondary N) is 2. The third-order valence-electron chi connectivity index (χ3n) is 4.76. The van der Waals surface area contributed by atoms with Crippen molar-refractivity contribution in [2.24, 2.45) is 5.10 Å². The second kappa shape index (κ2) is 8.45. The molecule has 30 heavy (non-hydrogen) atoms. The molecule has 148 valence electrons. The molecule has 6 heteroatoms. The van der Waals surface area contributed by atoms with E-state index in [1.54, 1.807) is 18.2 Å². The lowest BCUT2D eigenvalue weighted by molar-refractivity contribution is 0.0950. The Bertz CT molecular complexity index is 1180. The zero-order chi connectivity index (χ0) is 20.9. The quantitative estimate of drug-likeness (QED) is 0.264. The molecule has 6 nitrogen and oxygen atoms in total. The van der Waals surface area contributed by atoms with E-state index < -0.39 is 0 Å². The Morgan fingerprint density at radius 3 is 2.23 bits per heavy atom. The predicted molar refractivity (Wildman–Crippen MR) is 120 cm³/mol. The van der Waals surface area contributed by atoms with Crippen molar-refractivity contribution in [1.29, 1.82) is 0 Å². The van der Waals surface area contributed by atoms with Crippen molar-refractivity contribution in [2.75, 3.05) is 5.73 Å². The summed E-state index contributed by atoms with van der Waals surface area (Å²) >= 11 is 0. The maximum absolute atomic E-state index is 12.4. The Morgan fingerprint density at radius 2 is 1.53 bits per heavy atom. The van der Waals surface area contributed by atoms with Crippen LogP contribution in [0.25, 0.3) is 22.4 Å². The zero-order valence-electron chi connectivity index (χ0n) is 16.5. The van der Waals surface area contributed by atoms with Crippen molar-refractivity contribution in [2.45, 2.75) is 6.92 Å². The number of rotatable bonds is 5. The summed E-state index contributed by atoms with van der Waals surface area (Å²) in [6.45, 7) is 1.82. The summed E-state index contributed by atoms with van der Waals surface area (Å²) in [5.74, 6) is -0.357. The highest BCUT2D eigenvalue weighted by Gasteiger charge is 2.11. The number of amides is 1. The number of hydrogen-bond donors (Lipinski definition) is 3. The van der Waals surface area contributed by atoms with E-state index in [0.29, 0.717) is 22.8 Å². The van der Waals surface area contributed by atoms with E-state index in [1.807, 2.05) is 61.5 Å². The minimum absolute atomic E-state index is 0.339. The molecule has 0 atom stereocenters. The van der Waals surface area contributed by atoms with E-state index in [2.05, 4.69) is 32.9 Å². The van der Waals surface area contributed by atoms with Crippen LogP contribution in [0, 0.1) is 0 Å². The van der Waals surface area contributed by atoms with E-state index in [9.17, 15) is 4.79 Å². The SMILES string of the molecule is CC(=NNC(=O)c1cc(-c2ccc(-c3ccccc3)cc2)n[nH]1)c1ccc(N)cc1. The number of aromatic nitrogens is 2. The average molecular weight is 395 g/mol. The van der Waals surface area contributed by atoms with Crippen LogP contribution in [0.1, 0.15) is 23.0 Å². The third kappa shape index (κ3) is 4.28. The van der Waals surface area contributed by atoms with Gasteiger partial charge in [0.25, 0.3) is 5.91 Å². The molecule has 0 aliphatic carbocycles. The molecule has 0 bridgehead atoms. The fourth-order valence-corrected chi connectivity index (χ4v) is 3.03. The molecule has 3 aromatic carbocycles. The van der Waals surface area contributed by atoms with Crippen molar-refractivity contribution >= 4 is 17.3 Å². The van der Waals surface area contributed by atoms with Crippen LogP contribution in [-0.4, -0.2) is 21.8 Å². The first-order chi connectivity index (χ1) is 14.6. The number of aromatic amines is 1. The number of hydrogen-bond acceptors (Lipinski definition) is 4. The zero-order valence-corrected chi connectivity index (χ0v) is 16.5. The Balaban J connectivity index is 1.45. The molecule has 1 aromatic heterocycles. The lowest BCUT2D eigenvalue weighted by Gasteiger charge is -2.03. The van der Waals surface area contributed by atoms with E-state index in [1.165, 1.54) is 0 Å². The van der Waals surface area contributed by atoms with Crippen LogP contribution in [0.5, 0.6) is 0 Å². The second-order valence-electron chi connectivity index (χ2n) is 6.87. The number of H-pyrrole nitrogens is 1. The van der Waals surface area contributed by atoms with Gasteiger partial charge < -0.3 is 5.73 Å². The lowest BCUT2D eigenvalue weighted by Crippen LogP contribution is -2.19. The first-order valence-corrected chi connectivity index (χ1v) is 9.52. The molecular formula is C24H21N5O. The Morgan fingerprint density at radius 1 is 0.900 bits per heavy atom. The van der Waals surface area contributed by atoms with Gasteiger partial charge in [0.2, 0.25) is 0 Å². The summed E-state index contributed by atoms with van der Waals surface area (Å²) < 4.78 is 0. The van der Waals surface area contributed by atoms with E-state index in [-0.39, 0.29) is 5.91 Å². The fraction of sp³-hybridized carbons (Fsp3) is 0.0417. The van der Waals surface area contributed by atoms with Gasteiger partial charge >= 0.3 is 0 Å². The average Bonchev–Trinajstić information content (AvgIpc) is 3.29. The maximum Gasteiger partial charge on any atom is 0.289 e. The van der Waals surface area contributed by atoms with Gasteiger partial charge in [0.05, 0.1) is 11.4 Å². The van der Waals surface area contributed by atoms with Crippen molar-refractivity contribution in [3.8, 4) is 22.4 Å². The summed E-state index contributed by atoms with van der Waals surface area (Å²) in [4.78, 5) is 12.4. The van der Waals surface area contributed by atoms with Crippen LogP contribution in [-0.2, 0) is 0 Å². The minimum atomic E-state index is -0.357. The van der Waals surface area contributed by atoms with Gasteiger partial charge in [-0.2, -0.15) is 10.2 Å². The third-order valence-corrected chi connectivity index (χ3v) is 4.76. The number of hydrazone groups is 1. The molecule has 1 amide bonds. The second-order valence-corrected chi connectivity index (χ2v) is 6.87. The molecule has 0 saturated heterocycles. The van der Waals surface area contributed by atoms with Crippen LogP contribution >= 0.6 is 0 Å². The first-order valence-electron chi connectivity index (χ1n) is 9.52. The molecule has 0 fully saturated rings. The van der Waals surface area contributed by atoms with Crippen LogP contribution in [0.15, 0.2) is 90.0 Å². The molecule has 1 heterocycles. The Labute approximate surface area is 174 Å². The first kappa shape index (κ1) is 19.1. The molecule has 0 unspecified atom stereocenters. The van der Waals surface area contributed by atoms with Gasteiger partial charge in [0.1, 0.15) is 5.69 Å². The predicted octanol–water partition coefficient (Wildman–Crippen LogP) is 4.48. The largest absolute Gasteiger partial charge is 0.399 e. The summed E-state index contributed by atoms with van der Waals surface area (Å²) in [6, 6.07) is 27.2. The molecule has 4 rings (SSSR count). The highest BCUT2D eigenvalue weighted by Crippen LogP contribution is 2.24. The van der Waals surface area contributed by atoms with Crippen LogP contribution in [0.4, 0.5) is 5.69 Å². The van der Waals surface area contributed by atoms with Crippen molar-refractivity contribution in [3.63, 3.8) is 0 Å². The van der Waals surface area contributed by atoms with Crippen LogP contribution < -0.4 is 11.2 Å². The number of nitrogen functional groups attached to an aromatic ring is 1.